The summed E-state index contributed by atoms with van der Waals surface area (Å²) in [4.78, 5) is 10.3. The quantitative estimate of drug-likeness (QED) is 0.604. The van der Waals surface area contributed by atoms with Gasteiger partial charge in [0.25, 0.3) is 0 Å². The number of aliphatic hydroxyl groups excluding tert-OH is 1. The number of hydrogen-bond donors (Lipinski definition) is 1. The number of benzene rings is 1. The van der Waals surface area contributed by atoms with E-state index in [4.69, 9.17) is 9.52 Å². The molecule has 0 aliphatic rings. The molecule has 78 valence electrons. The molecule has 5 nitrogen and oxygen atoms in total. The number of fused-ring (bicyclic) bond motifs is 1. The lowest BCUT2D eigenvalue weighted by molar-refractivity contribution is -0.383. The molecule has 0 bridgehead atoms. The molecule has 1 aromatic carbocycles. The van der Waals surface area contributed by atoms with Crippen molar-refractivity contribution in [2.75, 3.05) is 0 Å². The second kappa shape index (κ2) is 3.36. The smallest absolute Gasteiger partial charge is 0.312 e. The molecule has 0 saturated carbocycles. The van der Waals surface area contributed by atoms with Crippen molar-refractivity contribution in [1.82, 2.24) is 0 Å². The highest BCUT2D eigenvalue weighted by Gasteiger charge is 2.17. The number of non-ortho nitro benzene ring substituents is 1. The van der Waals surface area contributed by atoms with Gasteiger partial charge in [-0.1, -0.05) is 0 Å². The molecule has 0 unspecified atom stereocenters. The Kier molecular flexibility index (Phi) is 2.17. The molecule has 0 atom stereocenters. The Morgan fingerprint density at radius 2 is 2.20 bits per heavy atom. The van der Waals surface area contributed by atoms with Gasteiger partial charge in [0.2, 0.25) is 5.58 Å². The van der Waals surface area contributed by atoms with E-state index in [0.29, 0.717) is 11.1 Å². The van der Waals surface area contributed by atoms with Gasteiger partial charge >= 0.3 is 5.69 Å². The molecule has 2 rings (SSSR count). The van der Waals surface area contributed by atoms with Crippen LogP contribution in [0.25, 0.3) is 11.0 Å². The van der Waals surface area contributed by atoms with Gasteiger partial charge in [-0.2, -0.15) is 0 Å². The summed E-state index contributed by atoms with van der Waals surface area (Å²) < 4.78 is 5.17. The molecule has 0 amide bonds. The predicted molar refractivity (Wildman–Crippen MR) is 53.5 cm³/mol. The van der Waals surface area contributed by atoms with Crippen LogP contribution in [0.5, 0.6) is 0 Å². The van der Waals surface area contributed by atoms with Crippen molar-refractivity contribution in [3.8, 4) is 0 Å². The van der Waals surface area contributed by atoms with Gasteiger partial charge in [0, 0.05) is 11.5 Å². The second-order valence-electron chi connectivity index (χ2n) is 3.33. The van der Waals surface area contributed by atoms with Crippen LogP contribution in [0.15, 0.2) is 22.6 Å². The molecule has 1 aromatic heterocycles. The van der Waals surface area contributed by atoms with E-state index in [1.165, 1.54) is 6.07 Å². The molecular formula is C10H9NO4. The lowest BCUT2D eigenvalue weighted by Gasteiger charge is -1.94. The monoisotopic (exact) mass is 207 g/mol. The number of nitro groups is 1. The molecule has 0 aliphatic carbocycles. The zero-order valence-electron chi connectivity index (χ0n) is 8.06. The Balaban J connectivity index is 2.77. The maximum absolute atomic E-state index is 10.7. The van der Waals surface area contributed by atoms with Crippen molar-refractivity contribution in [3.63, 3.8) is 0 Å². The van der Waals surface area contributed by atoms with Gasteiger partial charge in [0.15, 0.2) is 0 Å². The van der Waals surface area contributed by atoms with Crippen molar-refractivity contribution in [1.29, 1.82) is 0 Å². The minimum atomic E-state index is -0.486. The molecule has 2 aromatic rings. The van der Waals surface area contributed by atoms with Crippen molar-refractivity contribution >= 4 is 16.7 Å². The number of hydrogen-bond acceptors (Lipinski definition) is 4. The Labute approximate surface area is 85.1 Å². The highest BCUT2D eigenvalue weighted by atomic mass is 16.6. The zero-order valence-corrected chi connectivity index (χ0v) is 8.06. The van der Waals surface area contributed by atoms with Crippen LogP contribution in [-0.2, 0) is 6.61 Å². The third-order valence-corrected chi connectivity index (χ3v) is 2.14. The van der Waals surface area contributed by atoms with Crippen LogP contribution < -0.4 is 0 Å². The van der Waals surface area contributed by atoms with Crippen LogP contribution in [0.3, 0.4) is 0 Å². The average Bonchev–Trinajstić information content (AvgIpc) is 2.58. The summed E-state index contributed by atoms with van der Waals surface area (Å²) in [5.41, 5.74) is 0.943. The maximum atomic E-state index is 10.7. The lowest BCUT2D eigenvalue weighted by Crippen LogP contribution is -1.88. The SMILES string of the molecule is Cc1cc([N+](=O)[O-])c2oc(CO)cc2c1. The topological polar surface area (TPSA) is 76.5 Å². The highest BCUT2D eigenvalue weighted by Crippen LogP contribution is 2.30. The predicted octanol–water partition coefficient (Wildman–Crippen LogP) is 2.14. The van der Waals surface area contributed by atoms with Crippen molar-refractivity contribution in [2.24, 2.45) is 0 Å². The van der Waals surface area contributed by atoms with Crippen LogP contribution in [0, 0.1) is 17.0 Å². The average molecular weight is 207 g/mol. The molecule has 5 heteroatoms. The first-order chi connectivity index (χ1) is 7.11. The summed E-state index contributed by atoms with van der Waals surface area (Å²) >= 11 is 0. The molecule has 0 fully saturated rings. The standard InChI is InChI=1S/C10H9NO4/c1-6-2-7-4-8(5-12)15-10(7)9(3-6)11(13)14/h2-4,12H,5H2,1H3. The summed E-state index contributed by atoms with van der Waals surface area (Å²) in [6.45, 7) is 1.52. The molecule has 0 aliphatic heterocycles. The van der Waals surface area contributed by atoms with Crippen molar-refractivity contribution in [2.45, 2.75) is 13.5 Å². The van der Waals surface area contributed by atoms with Crippen LogP contribution in [0.2, 0.25) is 0 Å². The summed E-state index contributed by atoms with van der Waals surface area (Å²) in [5.74, 6) is 0.332. The first-order valence-electron chi connectivity index (χ1n) is 4.40. The van der Waals surface area contributed by atoms with Crippen molar-refractivity contribution < 1.29 is 14.4 Å². The Morgan fingerprint density at radius 3 is 2.80 bits per heavy atom. The van der Waals surface area contributed by atoms with E-state index in [9.17, 15) is 10.1 Å². The van der Waals surface area contributed by atoms with Crippen LogP contribution >= 0.6 is 0 Å². The summed E-state index contributed by atoms with van der Waals surface area (Å²) in [6, 6.07) is 4.84. The normalized spacial score (nSPS) is 10.8. The Bertz CT molecular complexity index is 529. The van der Waals surface area contributed by atoms with E-state index < -0.39 is 4.92 Å². The van der Waals surface area contributed by atoms with Crippen LogP contribution in [0.1, 0.15) is 11.3 Å². The van der Waals surface area contributed by atoms with E-state index in [0.717, 1.165) is 5.56 Å². The summed E-state index contributed by atoms with van der Waals surface area (Å²) in [5, 5.41) is 20.3. The van der Waals surface area contributed by atoms with Gasteiger partial charge in [0.1, 0.15) is 12.4 Å². The van der Waals surface area contributed by atoms with Gasteiger partial charge in [-0.05, 0) is 24.6 Å². The van der Waals surface area contributed by atoms with Gasteiger partial charge in [-0.3, -0.25) is 10.1 Å². The fourth-order valence-electron chi connectivity index (χ4n) is 1.55. The number of aryl methyl sites for hydroxylation is 1. The number of rotatable bonds is 2. The molecule has 15 heavy (non-hydrogen) atoms. The van der Waals surface area contributed by atoms with E-state index in [1.807, 2.05) is 0 Å². The Morgan fingerprint density at radius 1 is 1.47 bits per heavy atom. The number of furan rings is 1. The summed E-state index contributed by atoms with van der Waals surface area (Å²) in [7, 11) is 0. The van der Waals surface area contributed by atoms with E-state index in [1.54, 1.807) is 19.1 Å². The van der Waals surface area contributed by atoms with Gasteiger partial charge in [0.05, 0.1) is 4.92 Å². The van der Waals surface area contributed by atoms with E-state index >= 15 is 0 Å². The van der Waals surface area contributed by atoms with Gasteiger partial charge < -0.3 is 9.52 Å². The maximum Gasteiger partial charge on any atom is 0.312 e. The fraction of sp³-hybridized carbons (Fsp3) is 0.200. The zero-order chi connectivity index (χ0) is 11.0. The van der Waals surface area contributed by atoms with Gasteiger partial charge in [-0.25, -0.2) is 0 Å². The lowest BCUT2D eigenvalue weighted by atomic mass is 10.1. The molecule has 0 radical (unpaired) electrons. The number of nitrogens with zero attached hydrogens (tertiary/aromatic N) is 1. The highest BCUT2D eigenvalue weighted by molar-refractivity contribution is 5.87. The number of nitro benzene ring substituents is 1. The second-order valence-corrected chi connectivity index (χ2v) is 3.33. The van der Waals surface area contributed by atoms with Crippen molar-refractivity contribution in [3.05, 3.63) is 39.6 Å². The molecular weight excluding hydrogens is 198 g/mol. The largest absolute Gasteiger partial charge is 0.451 e. The first kappa shape index (κ1) is 9.67. The van der Waals surface area contributed by atoms with Crippen LogP contribution in [-0.4, -0.2) is 10.0 Å². The molecule has 1 N–H and O–H groups in total. The van der Waals surface area contributed by atoms with E-state index in [2.05, 4.69) is 0 Å². The fourth-order valence-corrected chi connectivity index (χ4v) is 1.55. The van der Waals surface area contributed by atoms with Gasteiger partial charge in [-0.15, -0.1) is 0 Å². The molecule has 0 saturated heterocycles. The van der Waals surface area contributed by atoms with E-state index in [-0.39, 0.29) is 17.9 Å². The third-order valence-electron chi connectivity index (χ3n) is 2.14. The molecule has 0 spiro atoms. The first-order valence-corrected chi connectivity index (χ1v) is 4.40. The van der Waals surface area contributed by atoms with Crippen LogP contribution in [0.4, 0.5) is 5.69 Å². The molecule has 1 heterocycles. The minimum Gasteiger partial charge on any atom is -0.451 e. The third kappa shape index (κ3) is 1.57. The number of aliphatic hydroxyl groups is 1. The minimum absolute atomic E-state index is 0.0651. The Hall–Kier alpha value is -1.88. The summed E-state index contributed by atoms with van der Waals surface area (Å²) in [6.07, 6.45) is 0.